The van der Waals surface area contributed by atoms with Crippen molar-refractivity contribution in [2.24, 2.45) is 17.3 Å². The maximum Gasteiger partial charge on any atom is 0.516 e. The van der Waals surface area contributed by atoms with Gasteiger partial charge in [-0.1, -0.05) is 26.8 Å². The Bertz CT molecular complexity index is 2080. The number of methoxy groups -OCH3 is 1. The molecule has 5 atom stereocenters. The Balaban J connectivity index is 1.37. The van der Waals surface area contributed by atoms with E-state index in [1.807, 2.05) is 0 Å². The molecule has 15 nitrogen and oxygen atoms in total. The summed E-state index contributed by atoms with van der Waals surface area (Å²) in [6.07, 6.45) is 4.21. The SMILES string of the molecule is C=C[C@@H]1C[C@@]1(NC(=O)[C@@H]1C[C@@H](n2nc(-c3ccc(OC)cc3)c(-c3nccs3)n2)CN1C(=O)[C@H](C(=O)OC1CCC1)C(C)(C)C)C(=O)NS(=O)(=O)C(F)(F)F. The average Bonchev–Trinajstić information content (AvgIpc) is 3.54. The summed E-state index contributed by atoms with van der Waals surface area (Å²) in [5, 5.41) is 14.3. The van der Waals surface area contributed by atoms with Crippen LogP contribution < -0.4 is 14.8 Å². The summed E-state index contributed by atoms with van der Waals surface area (Å²) < 4.78 is 75.4. The summed E-state index contributed by atoms with van der Waals surface area (Å²) in [6.45, 7) is 8.40. The number of nitrogens with one attached hydrogen (secondary N) is 2. The van der Waals surface area contributed by atoms with Gasteiger partial charge in [0.25, 0.3) is 5.91 Å². The van der Waals surface area contributed by atoms with Crippen LogP contribution in [0.2, 0.25) is 0 Å². The Morgan fingerprint density at radius 2 is 1.76 bits per heavy atom. The molecule has 3 fully saturated rings. The van der Waals surface area contributed by atoms with E-state index in [0.29, 0.717) is 40.6 Å². The molecule has 1 aromatic carbocycles. The van der Waals surface area contributed by atoms with Crippen LogP contribution in [0.15, 0.2) is 48.5 Å². The minimum Gasteiger partial charge on any atom is -0.497 e. The average molecular weight is 808 g/mol. The van der Waals surface area contributed by atoms with Gasteiger partial charge in [-0.2, -0.15) is 31.5 Å². The van der Waals surface area contributed by atoms with E-state index < -0.39 is 74.1 Å². The Kier molecular flexibility index (Phi) is 10.6. The van der Waals surface area contributed by atoms with E-state index in [9.17, 15) is 40.8 Å². The number of amides is 3. The number of aromatic nitrogens is 4. The maximum absolute atomic E-state index is 14.6. The smallest absolute Gasteiger partial charge is 0.497 e. The number of carbonyl (C=O) groups excluding carboxylic acids is 4. The van der Waals surface area contributed by atoms with Gasteiger partial charge in [-0.05, 0) is 55.4 Å². The van der Waals surface area contributed by atoms with E-state index in [2.05, 4.69) is 16.9 Å². The van der Waals surface area contributed by atoms with Gasteiger partial charge in [0.15, 0.2) is 0 Å². The van der Waals surface area contributed by atoms with Gasteiger partial charge < -0.3 is 19.7 Å². The molecule has 3 amide bonds. The van der Waals surface area contributed by atoms with Crippen molar-refractivity contribution in [3.8, 4) is 27.7 Å². The molecule has 3 heterocycles. The van der Waals surface area contributed by atoms with Gasteiger partial charge >= 0.3 is 21.5 Å². The van der Waals surface area contributed by atoms with Crippen molar-refractivity contribution in [3.05, 3.63) is 48.5 Å². The molecule has 3 aliphatic rings. The minimum absolute atomic E-state index is 0.155. The lowest BCUT2D eigenvalue weighted by Gasteiger charge is -2.35. The van der Waals surface area contributed by atoms with E-state index in [-0.39, 0.29) is 25.5 Å². The van der Waals surface area contributed by atoms with Crippen molar-refractivity contribution in [1.82, 2.24) is 34.9 Å². The first-order chi connectivity index (χ1) is 25.8. The summed E-state index contributed by atoms with van der Waals surface area (Å²) in [7, 11) is -4.59. The number of benzene rings is 1. The van der Waals surface area contributed by atoms with Crippen LogP contribution in [0.1, 0.15) is 58.9 Å². The number of hydrogen-bond acceptors (Lipinski definition) is 12. The standard InChI is InChI=1S/C35H40F3N7O8S2/c1-6-20-17-34(20,32(49)43-55(50,51)35(36,37)38)40-28(46)24-16-21(18-44(24)30(47)25(33(2,3)4)31(48)53-23-8-7-9-23)45-41-26(19-10-12-22(52-5)13-11-19)27(42-45)29-39-14-15-54-29/h6,10-15,20-21,23-25H,1,7-9,16-18H2,2-5H3,(H,40,46)(H,43,49)/t20-,21-,24+,25-,34+/m1/s1. The van der Waals surface area contributed by atoms with Crippen LogP contribution in [0.3, 0.4) is 0 Å². The second-order valence-electron chi connectivity index (χ2n) is 14.9. The molecule has 1 saturated heterocycles. The lowest BCUT2D eigenvalue weighted by atomic mass is 9.79. The van der Waals surface area contributed by atoms with Gasteiger partial charge in [-0.3, -0.25) is 19.2 Å². The second kappa shape index (κ2) is 14.7. The van der Waals surface area contributed by atoms with Crippen molar-refractivity contribution in [2.45, 2.75) is 82.1 Å². The van der Waals surface area contributed by atoms with Crippen molar-refractivity contribution in [1.29, 1.82) is 0 Å². The molecule has 0 radical (unpaired) electrons. The minimum atomic E-state index is -6.12. The zero-order valence-electron chi connectivity index (χ0n) is 30.3. The van der Waals surface area contributed by atoms with Gasteiger partial charge in [-0.25, -0.2) is 9.71 Å². The highest BCUT2D eigenvalue weighted by molar-refractivity contribution is 7.90. The van der Waals surface area contributed by atoms with Crippen LogP contribution in [0, 0.1) is 17.3 Å². The maximum atomic E-state index is 14.6. The van der Waals surface area contributed by atoms with Gasteiger partial charge in [0.1, 0.15) is 45.7 Å². The monoisotopic (exact) mass is 807 g/mol. The molecule has 0 bridgehead atoms. The normalized spacial score (nSPS) is 23.3. The second-order valence-corrected chi connectivity index (χ2v) is 17.4. The fourth-order valence-electron chi connectivity index (χ4n) is 6.71. The van der Waals surface area contributed by atoms with Crippen molar-refractivity contribution in [3.63, 3.8) is 0 Å². The number of hydrogen-bond donors (Lipinski definition) is 2. The highest BCUT2D eigenvalue weighted by Crippen LogP contribution is 2.46. The molecular weight excluding hydrogens is 768 g/mol. The zero-order chi connectivity index (χ0) is 40.1. The van der Waals surface area contributed by atoms with Crippen LogP contribution in [0.4, 0.5) is 13.2 Å². The Hall–Kier alpha value is -4.85. The molecule has 0 unspecified atom stereocenters. The first-order valence-corrected chi connectivity index (χ1v) is 19.8. The molecule has 3 aromatic rings. The first-order valence-electron chi connectivity index (χ1n) is 17.4. The molecule has 1 aliphatic heterocycles. The Morgan fingerprint density at radius 1 is 1.09 bits per heavy atom. The summed E-state index contributed by atoms with van der Waals surface area (Å²) in [4.78, 5) is 62.5. The predicted molar refractivity (Wildman–Crippen MR) is 191 cm³/mol. The third kappa shape index (κ3) is 7.83. The van der Waals surface area contributed by atoms with Crippen LogP contribution >= 0.6 is 11.3 Å². The highest BCUT2D eigenvalue weighted by atomic mass is 32.2. The fourth-order valence-corrected chi connectivity index (χ4v) is 7.87. The molecule has 6 rings (SSSR count). The quantitative estimate of drug-likeness (QED) is 0.153. The lowest BCUT2D eigenvalue weighted by Crippen LogP contribution is -2.58. The van der Waals surface area contributed by atoms with E-state index in [1.165, 1.54) is 34.2 Å². The van der Waals surface area contributed by atoms with Crippen molar-refractivity contribution in [2.75, 3.05) is 13.7 Å². The largest absolute Gasteiger partial charge is 0.516 e. The molecule has 2 aromatic heterocycles. The molecular formula is C35H40F3N7O8S2. The number of ether oxygens (including phenoxy) is 2. The molecule has 0 spiro atoms. The Labute approximate surface area is 318 Å². The highest BCUT2D eigenvalue weighted by Gasteiger charge is 2.63. The number of likely N-dealkylation sites (tertiary alicyclic amines) is 1. The number of halogens is 3. The van der Waals surface area contributed by atoms with Crippen LogP contribution in [0.5, 0.6) is 5.75 Å². The van der Waals surface area contributed by atoms with Crippen LogP contribution in [-0.2, 0) is 33.9 Å². The predicted octanol–water partition coefficient (Wildman–Crippen LogP) is 4.00. The third-order valence-corrected chi connectivity index (χ3v) is 11.9. The number of rotatable bonds is 12. The summed E-state index contributed by atoms with van der Waals surface area (Å²) >= 11 is 1.31. The van der Waals surface area contributed by atoms with Gasteiger partial charge in [0, 0.05) is 36.0 Å². The molecule has 2 N–H and O–H groups in total. The Morgan fingerprint density at radius 3 is 2.29 bits per heavy atom. The van der Waals surface area contributed by atoms with E-state index in [4.69, 9.17) is 19.7 Å². The molecule has 55 heavy (non-hydrogen) atoms. The van der Waals surface area contributed by atoms with Crippen LogP contribution in [-0.4, -0.2) is 93.8 Å². The number of carbonyl (C=O) groups is 4. The number of sulfonamides is 1. The molecule has 20 heteroatoms. The number of esters is 1. The fraction of sp³-hybridized carbons (Fsp3) is 0.514. The van der Waals surface area contributed by atoms with Gasteiger partial charge in [0.05, 0.1) is 13.2 Å². The summed E-state index contributed by atoms with van der Waals surface area (Å²) in [5.74, 6) is -5.80. The molecule has 2 saturated carbocycles. The number of nitrogens with zero attached hydrogens (tertiary/aromatic N) is 5. The molecule has 296 valence electrons. The van der Waals surface area contributed by atoms with E-state index in [0.717, 1.165) is 11.1 Å². The van der Waals surface area contributed by atoms with E-state index in [1.54, 1.807) is 56.6 Å². The first kappa shape index (κ1) is 39.8. The van der Waals surface area contributed by atoms with Crippen LogP contribution in [0.25, 0.3) is 22.0 Å². The van der Waals surface area contributed by atoms with Crippen molar-refractivity contribution < 1.29 is 50.2 Å². The third-order valence-electron chi connectivity index (χ3n) is 10.1. The number of alkyl halides is 3. The summed E-state index contributed by atoms with van der Waals surface area (Å²) in [5.41, 5.74) is -7.39. The topological polar surface area (TPSA) is 192 Å². The van der Waals surface area contributed by atoms with Gasteiger partial charge in [0.2, 0.25) is 11.8 Å². The van der Waals surface area contributed by atoms with Gasteiger partial charge in [-0.15, -0.1) is 23.0 Å². The zero-order valence-corrected chi connectivity index (χ0v) is 32.0. The summed E-state index contributed by atoms with van der Waals surface area (Å²) in [6, 6.07) is 4.84. The number of thiazole rings is 1. The van der Waals surface area contributed by atoms with Crippen molar-refractivity contribution >= 4 is 45.1 Å². The van der Waals surface area contributed by atoms with E-state index >= 15 is 0 Å². The lowest BCUT2D eigenvalue weighted by molar-refractivity contribution is -0.169. The molecule has 2 aliphatic carbocycles.